The van der Waals surface area contributed by atoms with Gasteiger partial charge >= 0.3 is 0 Å². The zero-order valence-electron chi connectivity index (χ0n) is 39.5. The molecule has 74 heavy (non-hydrogen) atoms. The van der Waals surface area contributed by atoms with Gasteiger partial charge in [0.25, 0.3) is 0 Å². The fourth-order valence-corrected chi connectivity index (χ4v) is 14.4. The van der Waals surface area contributed by atoms with Crippen molar-refractivity contribution in [1.82, 2.24) is 9.13 Å². The number of nitrogens with zero attached hydrogens (tertiary/aromatic N) is 4. The molecule has 0 bridgehead atoms. The van der Waals surface area contributed by atoms with Crippen LogP contribution in [-0.4, -0.2) is 9.13 Å². The average Bonchev–Trinajstić information content (AvgIpc) is 4.31. The van der Waals surface area contributed by atoms with Crippen molar-refractivity contribution in [1.29, 1.82) is 5.26 Å². The Labute approximate surface area is 433 Å². The summed E-state index contributed by atoms with van der Waals surface area (Å²) in [6, 6.07) is 84.4. The highest BCUT2D eigenvalue weighted by atomic mass is 32.1. The third kappa shape index (κ3) is 6.05. The molecule has 6 heteroatoms. The van der Waals surface area contributed by atoms with Crippen molar-refractivity contribution in [2.24, 2.45) is 0 Å². The fraction of sp³-hybridized carbons (Fsp3) is 0. The van der Waals surface area contributed by atoms with Gasteiger partial charge in [-0.2, -0.15) is 5.26 Å². The van der Waals surface area contributed by atoms with E-state index < -0.39 is 0 Å². The molecule has 11 aromatic carbocycles. The molecular weight excluding hydrogens is 937 g/mol. The normalized spacial score (nSPS) is 11.8. The molecule has 0 aliphatic carbocycles. The lowest BCUT2D eigenvalue weighted by atomic mass is 9.88. The van der Waals surface area contributed by atoms with Crippen LogP contribution in [0.1, 0.15) is 5.56 Å². The highest BCUT2D eigenvalue weighted by molar-refractivity contribution is 7.27. The van der Waals surface area contributed by atoms with Gasteiger partial charge in [0.1, 0.15) is 6.07 Å². The van der Waals surface area contributed by atoms with Gasteiger partial charge in [0.05, 0.1) is 55.0 Å². The van der Waals surface area contributed by atoms with Crippen LogP contribution in [0, 0.1) is 17.9 Å². The minimum atomic E-state index is 0.412. The van der Waals surface area contributed by atoms with Crippen molar-refractivity contribution in [3.8, 4) is 62.0 Å². The number of fused-ring (bicyclic) bond motifs is 14. The van der Waals surface area contributed by atoms with Crippen LogP contribution in [0.3, 0.4) is 0 Å². The summed E-state index contributed by atoms with van der Waals surface area (Å²) in [5.41, 5.74) is 14.0. The summed E-state index contributed by atoms with van der Waals surface area (Å²) in [5.74, 6) is 0. The lowest BCUT2D eigenvalue weighted by molar-refractivity contribution is 1.14. The number of hydrogen-bond donors (Lipinski definition) is 0. The van der Waals surface area contributed by atoms with E-state index in [1.54, 1.807) is 11.3 Å². The predicted octanol–water partition coefficient (Wildman–Crippen LogP) is 19.7. The van der Waals surface area contributed by atoms with Crippen molar-refractivity contribution in [3.63, 3.8) is 0 Å². The first-order valence-electron chi connectivity index (χ1n) is 24.7. The number of hydrogen-bond acceptors (Lipinski definition) is 3. The third-order valence-electron chi connectivity index (χ3n) is 15.0. The molecule has 4 aromatic heterocycles. The van der Waals surface area contributed by atoms with Gasteiger partial charge in [-0.25, -0.2) is 4.85 Å². The quantitative estimate of drug-likeness (QED) is 0.153. The van der Waals surface area contributed by atoms with E-state index in [1.165, 1.54) is 25.7 Å². The van der Waals surface area contributed by atoms with Crippen LogP contribution in [0.15, 0.2) is 231 Å². The Bertz CT molecular complexity index is 4890. The van der Waals surface area contributed by atoms with Crippen LogP contribution < -0.4 is 0 Å². The zero-order chi connectivity index (χ0) is 49.0. The summed E-state index contributed by atoms with van der Waals surface area (Å²) >= 11 is 3.61. The minimum absolute atomic E-state index is 0.412. The van der Waals surface area contributed by atoms with Crippen LogP contribution >= 0.6 is 22.7 Å². The maximum Gasteiger partial charge on any atom is 0.220 e. The molecule has 0 atom stereocenters. The summed E-state index contributed by atoms with van der Waals surface area (Å²) in [6.07, 6.45) is 0. The number of rotatable bonds is 6. The van der Waals surface area contributed by atoms with Gasteiger partial charge < -0.3 is 9.13 Å². The second-order valence-electron chi connectivity index (χ2n) is 18.8. The van der Waals surface area contributed by atoms with Gasteiger partial charge in [-0.15, -0.1) is 22.7 Å². The number of benzene rings is 11. The molecule has 0 aliphatic heterocycles. The van der Waals surface area contributed by atoms with Gasteiger partial charge in [0, 0.05) is 63.6 Å². The molecule has 0 fully saturated rings. The summed E-state index contributed by atoms with van der Waals surface area (Å²) in [7, 11) is 0. The highest BCUT2D eigenvalue weighted by Crippen LogP contribution is 2.55. The first-order valence-corrected chi connectivity index (χ1v) is 26.3. The molecule has 0 saturated heterocycles. The average molecular weight is 975 g/mol. The molecule has 0 radical (unpaired) electrons. The molecule has 0 saturated carbocycles. The van der Waals surface area contributed by atoms with E-state index in [0.717, 1.165) is 109 Å². The van der Waals surface area contributed by atoms with Gasteiger partial charge in [-0.1, -0.05) is 206 Å². The lowest BCUT2D eigenvalue weighted by Gasteiger charge is -2.26. The van der Waals surface area contributed by atoms with Crippen molar-refractivity contribution >= 4 is 112 Å². The highest BCUT2D eigenvalue weighted by Gasteiger charge is 2.33. The molecule has 0 amide bonds. The molecular formula is C68H38N4S2. The second kappa shape index (κ2) is 16.5. The van der Waals surface area contributed by atoms with Crippen molar-refractivity contribution in [2.75, 3.05) is 0 Å². The van der Waals surface area contributed by atoms with E-state index in [1.807, 2.05) is 53.8 Å². The molecule has 0 spiro atoms. The maximum absolute atomic E-state index is 12.3. The standard InChI is InChI=1S/C68H38N4S2/c1-70-62-59(43-23-10-4-11-24-43)54(40-69)63(60(44-25-12-5-13-26-44)66(62)71-55-30-16-14-27-47(55)48-34-33-45(39-56(48)71)41-19-6-2-7-20-41)72-64-50(35-37-52-49-28-15-17-31-57(49)73-67(52)64)51-36-38-53-61-46(42-21-8-3-9-22-42)29-18-32-58(61)74-68(53)65(51)72/h2-39H. The number of aromatic nitrogens is 2. The third-order valence-corrected chi connectivity index (χ3v) is 17.4. The smallest absolute Gasteiger partial charge is 0.220 e. The van der Waals surface area contributed by atoms with E-state index in [-0.39, 0.29) is 0 Å². The van der Waals surface area contributed by atoms with E-state index >= 15 is 0 Å². The molecule has 4 nitrogen and oxygen atoms in total. The monoisotopic (exact) mass is 974 g/mol. The lowest BCUT2D eigenvalue weighted by Crippen LogP contribution is -2.09. The van der Waals surface area contributed by atoms with Crippen LogP contribution in [0.4, 0.5) is 5.69 Å². The van der Waals surface area contributed by atoms with Gasteiger partial charge in [-0.05, 0) is 57.6 Å². The summed E-state index contributed by atoms with van der Waals surface area (Å²) in [5, 5.41) is 21.4. The first kappa shape index (κ1) is 42.2. The molecule has 0 N–H and O–H groups in total. The fourth-order valence-electron chi connectivity index (χ4n) is 11.9. The van der Waals surface area contributed by atoms with Crippen LogP contribution in [0.25, 0.3) is 145 Å². The Kier molecular flexibility index (Phi) is 9.40. The van der Waals surface area contributed by atoms with Crippen molar-refractivity contribution in [3.05, 3.63) is 248 Å². The Morgan fingerprint density at radius 3 is 1.61 bits per heavy atom. The molecule has 4 heterocycles. The van der Waals surface area contributed by atoms with Gasteiger partial charge in [-0.3, -0.25) is 0 Å². The Morgan fingerprint density at radius 1 is 0.392 bits per heavy atom. The SMILES string of the molecule is [C-]#[N+]c1c(-c2ccccc2)c(C#N)c(-n2c3c(ccc4c5ccccc5sc43)c3ccc4c(sc5cccc(-c6ccccc6)c54)c32)c(-c2ccccc2)c1-n1c2ccccc2c2ccc(-c3ccccc3)cc21. The van der Waals surface area contributed by atoms with Crippen molar-refractivity contribution < 1.29 is 0 Å². The van der Waals surface area contributed by atoms with Gasteiger partial charge in [0.15, 0.2) is 0 Å². The van der Waals surface area contributed by atoms with E-state index in [9.17, 15) is 11.8 Å². The zero-order valence-corrected chi connectivity index (χ0v) is 41.2. The van der Waals surface area contributed by atoms with Gasteiger partial charge in [0.2, 0.25) is 5.69 Å². The molecule has 0 unspecified atom stereocenters. The van der Waals surface area contributed by atoms with E-state index in [0.29, 0.717) is 16.8 Å². The Morgan fingerprint density at radius 2 is 0.919 bits per heavy atom. The van der Waals surface area contributed by atoms with E-state index in [2.05, 4.69) is 208 Å². The molecule has 15 rings (SSSR count). The molecule has 342 valence electrons. The number of para-hydroxylation sites is 1. The van der Waals surface area contributed by atoms with E-state index in [4.69, 9.17) is 0 Å². The first-order chi connectivity index (χ1) is 36.7. The van der Waals surface area contributed by atoms with Crippen LogP contribution in [0.5, 0.6) is 0 Å². The Balaban J connectivity index is 1.23. The van der Waals surface area contributed by atoms with Crippen LogP contribution in [-0.2, 0) is 0 Å². The summed E-state index contributed by atoms with van der Waals surface area (Å²) in [4.78, 5) is 4.61. The Hall–Kier alpha value is -9.56. The maximum atomic E-state index is 12.3. The van der Waals surface area contributed by atoms with Crippen LogP contribution in [0.2, 0.25) is 0 Å². The topological polar surface area (TPSA) is 38.0 Å². The number of thiophene rings is 2. The summed E-state index contributed by atoms with van der Waals surface area (Å²) < 4.78 is 9.45. The molecule has 0 aliphatic rings. The van der Waals surface area contributed by atoms with Crippen molar-refractivity contribution in [2.45, 2.75) is 0 Å². The molecule has 15 aromatic rings. The minimum Gasteiger partial charge on any atom is -0.318 e. The second-order valence-corrected chi connectivity index (χ2v) is 20.9. The number of nitriles is 1. The largest absolute Gasteiger partial charge is 0.318 e. The predicted molar refractivity (Wildman–Crippen MR) is 314 cm³/mol. The summed E-state index contributed by atoms with van der Waals surface area (Å²) in [6.45, 7) is 9.44.